The van der Waals surface area contributed by atoms with Crippen molar-refractivity contribution in [1.82, 2.24) is 4.90 Å². The summed E-state index contributed by atoms with van der Waals surface area (Å²) in [4.78, 5) is 14.1. The van der Waals surface area contributed by atoms with E-state index < -0.39 is 0 Å². The van der Waals surface area contributed by atoms with Crippen LogP contribution in [0.2, 0.25) is 0 Å². The highest BCUT2D eigenvalue weighted by Gasteiger charge is 2.21. The Morgan fingerprint density at radius 1 is 1.06 bits per heavy atom. The SMILES string of the molecule is CN1CCC(CC(=O)OCC2CCCCC2)CC1. The Morgan fingerprint density at radius 3 is 2.39 bits per heavy atom. The lowest BCUT2D eigenvalue weighted by molar-refractivity contribution is -0.146. The van der Waals surface area contributed by atoms with Gasteiger partial charge in [-0.1, -0.05) is 19.3 Å². The quantitative estimate of drug-likeness (QED) is 0.722. The fourth-order valence-electron chi connectivity index (χ4n) is 3.13. The van der Waals surface area contributed by atoms with Crippen molar-refractivity contribution >= 4 is 5.97 Å². The molecule has 2 aliphatic rings. The van der Waals surface area contributed by atoms with Gasteiger partial charge in [0.05, 0.1) is 6.61 Å². The first-order valence-electron chi connectivity index (χ1n) is 7.58. The van der Waals surface area contributed by atoms with Gasteiger partial charge in [-0.2, -0.15) is 0 Å². The molecule has 1 aliphatic carbocycles. The molecule has 18 heavy (non-hydrogen) atoms. The zero-order valence-electron chi connectivity index (χ0n) is 11.7. The van der Waals surface area contributed by atoms with E-state index in [0.717, 1.165) is 25.9 Å². The van der Waals surface area contributed by atoms with Crippen LogP contribution in [0.1, 0.15) is 51.4 Å². The largest absolute Gasteiger partial charge is 0.465 e. The van der Waals surface area contributed by atoms with E-state index in [1.54, 1.807) is 0 Å². The van der Waals surface area contributed by atoms with E-state index in [1.807, 2.05) is 0 Å². The van der Waals surface area contributed by atoms with E-state index in [2.05, 4.69) is 11.9 Å². The van der Waals surface area contributed by atoms with Crippen LogP contribution in [0.15, 0.2) is 0 Å². The number of ether oxygens (including phenoxy) is 1. The van der Waals surface area contributed by atoms with Gasteiger partial charge in [0.2, 0.25) is 0 Å². The standard InChI is InChI=1S/C15H27NO2/c1-16-9-7-13(8-10-16)11-15(17)18-12-14-5-3-2-4-6-14/h13-14H,2-12H2,1H3. The summed E-state index contributed by atoms with van der Waals surface area (Å²) >= 11 is 0. The van der Waals surface area contributed by atoms with Crippen LogP contribution in [0.25, 0.3) is 0 Å². The Hall–Kier alpha value is -0.570. The molecule has 0 amide bonds. The number of esters is 1. The van der Waals surface area contributed by atoms with Gasteiger partial charge in [-0.3, -0.25) is 4.79 Å². The molecule has 104 valence electrons. The Kier molecular flexibility index (Phi) is 5.48. The molecule has 1 heterocycles. The molecule has 0 aromatic heterocycles. The number of rotatable bonds is 4. The zero-order chi connectivity index (χ0) is 12.8. The summed E-state index contributed by atoms with van der Waals surface area (Å²) < 4.78 is 5.46. The van der Waals surface area contributed by atoms with Crippen molar-refractivity contribution in [3.63, 3.8) is 0 Å². The van der Waals surface area contributed by atoms with Crippen LogP contribution in [0.4, 0.5) is 0 Å². The van der Waals surface area contributed by atoms with Crippen molar-refractivity contribution in [1.29, 1.82) is 0 Å². The molecule has 0 unspecified atom stereocenters. The number of nitrogens with zero attached hydrogens (tertiary/aromatic N) is 1. The number of carbonyl (C=O) groups excluding carboxylic acids is 1. The zero-order valence-corrected chi connectivity index (χ0v) is 11.7. The summed E-state index contributed by atoms with van der Waals surface area (Å²) in [7, 11) is 2.15. The minimum atomic E-state index is 0.0372. The van der Waals surface area contributed by atoms with Crippen molar-refractivity contribution < 1.29 is 9.53 Å². The number of carbonyl (C=O) groups is 1. The molecule has 1 aliphatic heterocycles. The number of piperidine rings is 1. The molecule has 2 fully saturated rings. The molecular weight excluding hydrogens is 226 g/mol. The second-order valence-corrected chi connectivity index (χ2v) is 6.14. The van der Waals surface area contributed by atoms with Crippen molar-refractivity contribution in [2.45, 2.75) is 51.4 Å². The second-order valence-electron chi connectivity index (χ2n) is 6.14. The lowest BCUT2D eigenvalue weighted by Crippen LogP contribution is -2.31. The molecule has 3 heteroatoms. The summed E-state index contributed by atoms with van der Waals surface area (Å²) in [5, 5.41) is 0. The molecule has 0 aromatic rings. The summed E-state index contributed by atoms with van der Waals surface area (Å²) in [6, 6.07) is 0. The van der Waals surface area contributed by atoms with E-state index in [0.29, 0.717) is 24.9 Å². The molecule has 0 N–H and O–H groups in total. The molecule has 3 nitrogen and oxygen atoms in total. The lowest BCUT2D eigenvalue weighted by atomic mass is 9.90. The maximum Gasteiger partial charge on any atom is 0.306 e. The van der Waals surface area contributed by atoms with E-state index in [4.69, 9.17) is 4.74 Å². The second kappa shape index (κ2) is 7.13. The fourth-order valence-corrected chi connectivity index (χ4v) is 3.13. The Balaban J connectivity index is 1.59. The van der Waals surface area contributed by atoms with Crippen molar-refractivity contribution in [2.75, 3.05) is 26.7 Å². The predicted molar refractivity (Wildman–Crippen MR) is 72.4 cm³/mol. The fraction of sp³-hybridized carbons (Fsp3) is 0.933. The van der Waals surface area contributed by atoms with Gasteiger partial charge < -0.3 is 9.64 Å². The Labute approximate surface area is 111 Å². The molecule has 0 aromatic carbocycles. The first-order valence-corrected chi connectivity index (χ1v) is 7.58. The van der Waals surface area contributed by atoms with Gasteiger partial charge in [0.25, 0.3) is 0 Å². The van der Waals surface area contributed by atoms with Crippen LogP contribution in [0, 0.1) is 11.8 Å². The molecule has 0 spiro atoms. The van der Waals surface area contributed by atoms with E-state index in [9.17, 15) is 4.79 Å². The highest BCUT2D eigenvalue weighted by atomic mass is 16.5. The minimum Gasteiger partial charge on any atom is -0.465 e. The monoisotopic (exact) mass is 253 g/mol. The number of likely N-dealkylation sites (tertiary alicyclic amines) is 1. The van der Waals surface area contributed by atoms with E-state index in [1.165, 1.54) is 32.1 Å². The first kappa shape index (κ1) is 13.9. The maximum absolute atomic E-state index is 11.8. The van der Waals surface area contributed by atoms with Gasteiger partial charge in [-0.15, -0.1) is 0 Å². The molecule has 0 bridgehead atoms. The van der Waals surface area contributed by atoms with Crippen LogP contribution < -0.4 is 0 Å². The van der Waals surface area contributed by atoms with E-state index in [-0.39, 0.29) is 5.97 Å². The molecular formula is C15H27NO2. The minimum absolute atomic E-state index is 0.0372. The topological polar surface area (TPSA) is 29.5 Å². The predicted octanol–water partition coefficient (Wildman–Crippen LogP) is 2.84. The van der Waals surface area contributed by atoms with Gasteiger partial charge in [-0.05, 0) is 57.7 Å². The van der Waals surface area contributed by atoms with Gasteiger partial charge in [0.15, 0.2) is 0 Å². The van der Waals surface area contributed by atoms with Gasteiger partial charge >= 0.3 is 5.97 Å². The van der Waals surface area contributed by atoms with Crippen LogP contribution in [0.3, 0.4) is 0 Å². The average Bonchev–Trinajstić information content (AvgIpc) is 2.40. The van der Waals surface area contributed by atoms with Crippen LogP contribution in [0.5, 0.6) is 0 Å². The third-order valence-electron chi connectivity index (χ3n) is 4.50. The maximum atomic E-state index is 11.8. The molecule has 1 saturated heterocycles. The third kappa shape index (κ3) is 4.60. The highest BCUT2D eigenvalue weighted by Crippen LogP contribution is 2.24. The summed E-state index contributed by atoms with van der Waals surface area (Å²) in [6.07, 6.45) is 9.43. The summed E-state index contributed by atoms with van der Waals surface area (Å²) in [5.41, 5.74) is 0. The Morgan fingerprint density at radius 2 is 1.72 bits per heavy atom. The summed E-state index contributed by atoms with van der Waals surface area (Å²) in [6.45, 7) is 2.92. The smallest absolute Gasteiger partial charge is 0.306 e. The molecule has 1 saturated carbocycles. The van der Waals surface area contributed by atoms with Crippen LogP contribution in [-0.4, -0.2) is 37.6 Å². The van der Waals surface area contributed by atoms with Crippen LogP contribution >= 0.6 is 0 Å². The first-order chi connectivity index (χ1) is 8.74. The molecule has 0 atom stereocenters. The van der Waals surface area contributed by atoms with Gasteiger partial charge in [0, 0.05) is 6.42 Å². The van der Waals surface area contributed by atoms with Crippen LogP contribution in [-0.2, 0) is 9.53 Å². The average molecular weight is 253 g/mol. The van der Waals surface area contributed by atoms with E-state index >= 15 is 0 Å². The number of hydrogen-bond acceptors (Lipinski definition) is 3. The van der Waals surface area contributed by atoms with Gasteiger partial charge in [-0.25, -0.2) is 0 Å². The lowest BCUT2D eigenvalue weighted by Gasteiger charge is -2.28. The van der Waals surface area contributed by atoms with Gasteiger partial charge in [0.1, 0.15) is 0 Å². The Bertz CT molecular complexity index is 253. The van der Waals surface area contributed by atoms with Crippen molar-refractivity contribution in [2.24, 2.45) is 11.8 Å². The third-order valence-corrected chi connectivity index (χ3v) is 4.50. The molecule has 0 radical (unpaired) electrons. The van der Waals surface area contributed by atoms with Crippen molar-refractivity contribution in [3.05, 3.63) is 0 Å². The highest BCUT2D eigenvalue weighted by molar-refractivity contribution is 5.69. The van der Waals surface area contributed by atoms with Crippen molar-refractivity contribution in [3.8, 4) is 0 Å². The normalized spacial score (nSPS) is 24.1. The number of hydrogen-bond donors (Lipinski definition) is 0. The summed E-state index contributed by atoms with van der Waals surface area (Å²) in [5.74, 6) is 1.23. The molecule has 2 rings (SSSR count).